The van der Waals surface area contributed by atoms with Crippen molar-refractivity contribution in [1.82, 2.24) is 0 Å². The number of nitrogens with two attached hydrogens (primary N) is 1. The molecule has 0 amide bonds. The Balaban J connectivity index is 4.33. The fourth-order valence-corrected chi connectivity index (χ4v) is 4.91. The van der Waals surface area contributed by atoms with Crippen molar-refractivity contribution >= 4 is 19.8 Å². The van der Waals surface area contributed by atoms with E-state index in [2.05, 4.69) is 18.4 Å². The molecule has 0 aromatic rings. The highest BCUT2D eigenvalue weighted by Crippen LogP contribution is 2.38. The van der Waals surface area contributed by atoms with Gasteiger partial charge in [0, 0.05) is 19.4 Å². The predicted octanol–water partition coefficient (Wildman–Crippen LogP) is 6.74. The molecule has 0 aliphatic heterocycles. The minimum absolute atomic E-state index is 0.0171. The van der Waals surface area contributed by atoms with Gasteiger partial charge in [0.05, 0.1) is 13.2 Å². The molecule has 0 bridgehead atoms. The molecule has 9 nitrogen and oxygen atoms in total. The molecule has 0 saturated carbocycles. The largest absolute Gasteiger partial charge is 0.756 e. The lowest BCUT2D eigenvalue weighted by Gasteiger charge is -2.25. The second kappa shape index (κ2) is 27.2. The number of hydrogen-bond donors (Lipinski definition) is 1. The van der Waals surface area contributed by atoms with E-state index in [1.807, 2.05) is 0 Å². The van der Waals surface area contributed by atoms with Gasteiger partial charge in [0.1, 0.15) is 6.61 Å². The zero-order valence-electron chi connectivity index (χ0n) is 24.8. The van der Waals surface area contributed by atoms with Crippen LogP contribution in [-0.4, -0.2) is 44.4 Å². The van der Waals surface area contributed by atoms with Gasteiger partial charge < -0.3 is 29.1 Å². The molecular weight excluding hydrogens is 521 g/mol. The number of carbonyl (C=O) groups is 2. The number of unbranched alkanes of at least 4 members (excludes halogenated alkanes) is 16. The molecule has 0 saturated heterocycles. The first-order valence-corrected chi connectivity index (χ1v) is 17.0. The van der Waals surface area contributed by atoms with Crippen molar-refractivity contribution < 1.29 is 37.6 Å². The van der Waals surface area contributed by atoms with Gasteiger partial charge in [0.15, 0.2) is 6.10 Å². The lowest BCUT2D eigenvalue weighted by molar-refractivity contribution is -0.228. The van der Waals surface area contributed by atoms with Gasteiger partial charge in [-0.2, -0.15) is 0 Å². The number of ether oxygens (including phenoxy) is 2. The van der Waals surface area contributed by atoms with E-state index in [0.29, 0.717) is 6.42 Å². The fourth-order valence-electron chi connectivity index (χ4n) is 4.16. The number of phosphoric acid groups is 1. The molecule has 39 heavy (non-hydrogen) atoms. The van der Waals surface area contributed by atoms with Crippen LogP contribution < -0.4 is 10.6 Å². The quantitative estimate of drug-likeness (QED) is 0.0580. The first-order chi connectivity index (χ1) is 18.8. The van der Waals surface area contributed by atoms with Crippen LogP contribution in [-0.2, 0) is 32.7 Å². The van der Waals surface area contributed by atoms with E-state index >= 15 is 0 Å². The molecule has 10 heteroatoms. The molecule has 0 aliphatic rings. The number of hydrogen-bond acceptors (Lipinski definition) is 9. The SMILES string of the molecule is CCCCCCCCCCCC(=O)OC[C@H](COP(=O)([O-])OCCN)OC(=O)CCCCCCCCCCC. The number of esters is 2. The third-order valence-electron chi connectivity index (χ3n) is 6.48. The molecule has 0 aliphatic carbocycles. The fraction of sp³-hybridized carbons (Fsp3) is 0.931. The summed E-state index contributed by atoms with van der Waals surface area (Å²) in [6.45, 7) is 3.46. The summed E-state index contributed by atoms with van der Waals surface area (Å²) in [6, 6.07) is 0. The van der Waals surface area contributed by atoms with Crippen molar-refractivity contribution in [3.63, 3.8) is 0 Å². The van der Waals surface area contributed by atoms with Crippen LogP contribution in [0.2, 0.25) is 0 Å². The van der Waals surface area contributed by atoms with Crippen LogP contribution in [0.5, 0.6) is 0 Å². The lowest BCUT2D eigenvalue weighted by atomic mass is 10.1. The Kier molecular flexibility index (Phi) is 26.5. The summed E-state index contributed by atoms with van der Waals surface area (Å²) in [5.74, 6) is -0.868. The average molecular weight is 579 g/mol. The number of phosphoric ester groups is 1. The Labute approximate surface area is 237 Å². The van der Waals surface area contributed by atoms with Gasteiger partial charge in [-0.05, 0) is 12.8 Å². The van der Waals surface area contributed by atoms with E-state index in [1.165, 1.54) is 70.6 Å². The van der Waals surface area contributed by atoms with E-state index in [-0.39, 0.29) is 32.6 Å². The highest BCUT2D eigenvalue weighted by molar-refractivity contribution is 7.45. The standard InChI is InChI=1S/C29H58NO8P/c1-3-5-7-9-11-13-15-17-19-21-28(31)35-25-27(26-37-39(33,34)36-24-23-30)38-29(32)22-20-18-16-14-12-10-8-6-4-2/h27H,3-26,30H2,1-2H3,(H,33,34)/p-1/t27-/m1/s1. The van der Waals surface area contributed by atoms with Crippen molar-refractivity contribution in [2.75, 3.05) is 26.4 Å². The molecule has 2 N–H and O–H groups in total. The van der Waals surface area contributed by atoms with Gasteiger partial charge in [0.25, 0.3) is 7.82 Å². The normalized spacial score (nSPS) is 13.6. The molecule has 0 aromatic heterocycles. The minimum atomic E-state index is -4.60. The van der Waals surface area contributed by atoms with Crippen LogP contribution in [0.4, 0.5) is 0 Å². The maximum absolute atomic E-state index is 12.3. The topological polar surface area (TPSA) is 137 Å². The molecule has 1 unspecified atom stereocenters. The molecule has 0 heterocycles. The Morgan fingerprint density at radius 3 is 1.56 bits per heavy atom. The summed E-state index contributed by atoms with van der Waals surface area (Å²) in [7, 11) is -4.60. The predicted molar refractivity (Wildman–Crippen MR) is 153 cm³/mol. The van der Waals surface area contributed by atoms with Gasteiger partial charge in [0.2, 0.25) is 0 Å². The Bertz CT molecular complexity index is 634. The first kappa shape index (κ1) is 38.0. The summed E-state index contributed by atoms with van der Waals surface area (Å²) in [5, 5.41) is 0. The summed E-state index contributed by atoms with van der Waals surface area (Å²) in [5.41, 5.74) is 5.27. The zero-order valence-corrected chi connectivity index (χ0v) is 25.7. The number of carbonyl (C=O) groups excluding carboxylic acids is 2. The summed E-state index contributed by atoms with van der Waals surface area (Å²) in [6.07, 6.45) is 19.9. The second-order valence-electron chi connectivity index (χ2n) is 10.3. The third-order valence-corrected chi connectivity index (χ3v) is 7.45. The Morgan fingerprint density at radius 1 is 0.667 bits per heavy atom. The third kappa shape index (κ3) is 27.0. The van der Waals surface area contributed by atoms with E-state index < -0.39 is 32.5 Å². The molecule has 0 rings (SSSR count). The monoisotopic (exact) mass is 578 g/mol. The molecular formula is C29H57NO8P-. The van der Waals surface area contributed by atoms with Gasteiger partial charge in [-0.25, -0.2) is 0 Å². The maximum atomic E-state index is 12.3. The van der Waals surface area contributed by atoms with Crippen LogP contribution in [0.1, 0.15) is 142 Å². The number of rotatable bonds is 29. The van der Waals surface area contributed by atoms with Gasteiger partial charge in [-0.3, -0.25) is 14.2 Å². The van der Waals surface area contributed by atoms with E-state index in [9.17, 15) is 19.0 Å². The first-order valence-electron chi connectivity index (χ1n) is 15.5. The van der Waals surface area contributed by atoms with Crippen molar-refractivity contribution in [2.24, 2.45) is 5.73 Å². The van der Waals surface area contributed by atoms with Crippen molar-refractivity contribution in [3.05, 3.63) is 0 Å². The molecule has 0 spiro atoms. The van der Waals surface area contributed by atoms with Crippen LogP contribution >= 0.6 is 7.82 Å². The minimum Gasteiger partial charge on any atom is -0.756 e. The van der Waals surface area contributed by atoms with E-state index in [4.69, 9.17) is 19.7 Å². The molecule has 0 radical (unpaired) electrons. The molecule has 0 aromatic carbocycles. The van der Waals surface area contributed by atoms with Crippen molar-refractivity contribution in [1.29, 1.82) is 0 Å². The highest BCUT2D eigenvalue weighted by Gasteiger charge is 2.20. The van der Waals surface area contributed by atoms with Crippen molar-refractivity contribution in [3.8, 4) is 0 Å². The Morgan fingerprint density at radius 2 is 1.10 bits per heavy atom. The Hall–Kier alpha value is -0.990. The van der Waals surface area contributed by atoms with Crippen LogP contribution in [0.3, 0.4) is 0 Å². The van der Waals surface area contributed by atoms with Crippen LogP contribution in [0.25, 0.3) is 0 Å². The molecule has 2 atom stereocenters. The van der Waals surface area contributed by atoms with Gasteiger partial charge in [-0.15, -0.1) is 0 Å². The van der Waals surface area contributed by atoms with E-state index in [0.717, 1.165) is 38.5 Å². The average Bonchev–Trinajstić information content (AvgIpc) is 2.91. The van der Waals surface area contributed by atoms with Crippen LogP contribution in [0.15, 0.2) is 0 Å². The lowest BCUT2D eigenvalue weighted by Crippen LogP contribution is -2.30. The maximum Gasteiger partial charge on any atom is 0.306 e. The second-order valence-corrected chi connectivity index (χ2v) is 11.7. The summed E-state index contributed by atoms with van der Waals surface area (Å²) < 4.78 is 32.0. The van der Waals surface area contributed by atoms with Gasteiger partial charge in [-0.1, -0.05) is 117 Å². The molecule has 232 valence electrons. The summed E-state index contributed by atoms with van der Waals surface area (Å²) >= 11 is 0. The van der Waals surface area contributed by atoms with E-state index in [1.54, 1.807) is 0 Å². The van der Waals surface area contributed by atoms with Crippen molar-refractivity contribution in [2.45, 2.75) is 148 Å². The summed E-state index contributed by atoms with van der Waals surface area (Å²) in [4.78, 5) is 36.4. The van der Waals surface area contributed by atoms with Gasteiger partial charge >= 0.3 is 11.9 Å². The van der Waals surface area contributed by atoms with Crippen LogP contribution in [0, 0.1) is 0 Å². The zero-order chi connectivity index (χ0) is 29.0. The smallest absolute Gasteiger partial charge is 0.306 e. The molecule has 0 fully saturated rings. The highest BCUT2D eigenvalue weighted by atomic mass is 31.2.